The number of halogens is 1. The van der Waals surface area contributed by atoms with E-state index in [2.05, 4.69) is 20.9 Å². The van der Waals surface area contributed by atoms with Crippen LogP contribution in [0.15, 0.2) is 41.5 Å². The van der Waals surface area contributed by atoms with Crippen LogP contribution in [0.2, 0.25) is 5.02 Å². The van der Waals surface area contributed by atoms with Crippen molar-refractivity contribution in [2.45, 2.75) is 44.4 Å². The highest BCUT2D eigenvalue weighted by Crippen LogP contribution is 2.28. The molecule has 9 heteroatoms. The van der Waals surface area contributed by atoms with Gasteiger partial charge in [-0.1, -0.05) is 11.6 Å². The maximum absolute atomic E-state index is 13.2. The molecule has 3 heterocycles. The van der Waals surface area contributed by atoms with Gasteiger partial charge in [-0.05, 0) is 62.4 Å². The van der Waals surface area contributed by atoms with Gasteiger partial charge in [0.1, 0.15) is 17.5 Å². The van der Waals surface area contributed by atoms with Crippen LogP contribution < -0.4 is 21.5 Å². The summed E-state index contributed by atoms with van der Waals surface area (Å²) in [6.45, 7) is 1.27. The molecule has 31 heavy (non-hydrogen) atoms. The zero-order valence-electron chi connectivity index (χ0n) is 17.4. The lowest BCUT2D eigenvalue weighted by Crippen LogP contribution is -2.30. The van der Waals surface area contributed by atoms with Crippen LogP contribution in [0.25, 0.3) is 10.8 Å². The van der Waals surface area contributed by atoms with Gasteiger partial charge in [-0.15, -0.1) is 0 Å². The van der Waals surface area contributed by atoms with E-state index in [0.717, 1.165) is 31.1 Å². The summed E-state index contributed by atoms with van der Waals surface area (Å²) in [5.74, 6) is 1.70. The third-order valence-corrected chi connectivity index (χ3v) is 5.81. The molecule has 1 fully saturated rings. The number of nitrogens with zero attached hydrogens (tertiary/aromatic N) is 3. The molecule has 0 unspecified atom stereocenters. The van der Waals surface area contributed by atoms with E-state index in [1.54, 1.807) is 22.9 Å². The number of aliphatic hydroxyl groups excluding tert-OH is 1. The smallest absolute Gasteiger partial charge is 0.262 e. The van der Waals surface area contributed by atoms with Crippen LogP contribution in [0.1, 0.15) is 25.7 Å². The molecule has 0 saturated heterocycles. The van der Waals surface area contributed by atoms with Gasteiger partial charge in [0.2, 0.25) is 0 Å². The van der Waals surface area contributed by atoms with Crippen molar-refractivity contribution in [1.29, 1.82) is 0 Å². The minimum Gasteiger partial charge on any atom is -0.393 e. The highest BCUT2D eigenvalue weighted by molar-refractivity contribution is 6.30. The lowest BCUT2D eigenvalue weighted by molar-refractivity contribution is 0.126. The molecule has 0 spiro atoms. The lowest BCUT2D eigenvalue weighted by atomic mass is 9.93. The molecule has 0 radical (unpaired) electrons. The van der Waals surface area contributed by atoms with Crippen molar-refractivity contribution >= 4 is 39.8 Å². The fourth-order valence-electron chi connectivity index (χ4n) is 3.90. The summed E-state index contributed by atoms with van der Waals surface area (Å²) >= 11 is 6.08. The Kier molecular flexibility index (Phi) is 6.70. The van der Waals surface area contributed by atoms with Crippen molar-refractivity contribution in [3.05, 3.63) is 52.0 Å². The predicted molar refractivity (Wildman–Crippen MR) is 124 cm³/mol. The van der Waals surface area contributed by atoms with Crippen LogP contribution in [0.4, 0.5) is 17.5 Å². The van der Waals surface area contributed by atoms with E-state index < -0.39 is 0 Å². The first-order valence-corrected chi connectivity index (χ1v) is 10.9. The molecule has 0 aromatic carbocycles. The molecule has 4 N–H and O–H groups in total. The Morgan fingerprint density at radius 1 is 1.19 bits per heavy atom. The third-order valence-electron chi connectivity index (χ3n) is 5.58. The van der Waals surface area contributed by atoms with Gasteiger partial charge >= 0.3 is 0 Å². The maximum atomic E-state index is 13.2. The molecule has 1 aliphatic carbocycles. The van der Waals surface area contributed by atoms with E-state index in [9.17, 15) is 9.90 Å². The summed E-state index contributed by atoms with van der Waals surface area (Å²) in [6.07, 6.45) is 6.34. The molecule has 1 aliphatic rings. The summed E-state index contributed by atoms with van der Waals surface area (Å²) in [5.41, 5.74) is -0.0778. The molecular formula is C22H27ClN6O2. The second kappa shape index (κ2) is 9.64. The van der Waals surface area contributed by atoms with E-state index >= 15 is 0 Å². The molecule has 0 atom stereocenters. The Labute approximate surface area is 185 Å². The zero-order valence-corrected chi connectivity index (χ0v) is 18.2. The molecule has 0 amide bonds. The molecule has 3 aromatic heterocycles. The van der Waals surface area contributed by atoms with Crippen molar-refractivity contribution in [2.75, 3.05) is 24.2 Å². The molecule has 8 nitrogen and oxygen atoms in total. The quantitative estimate of drug-likeness (QED) is 0.445. The molecule has 4 rings (SSSR count). The van der Waals surface area contributed by atoms with Gasteiger partial charge in [0.05, 0.1) is 11.5 Å². The minimum absolute atomic E-state index is 0.0778. The summed E-state index contributed by atoms with van der Waals surface area (Å²) in [6, 6.07) is 7.36. The summed E-state index contributed by atoms with van der Waals surface area (Å²) < 4.78 is 1.70. The molecule has 164 valence electrons. The van der Waals surface area contributed by atoms with Gasteiger partial charge in [-0.2, -0.15) is 0 Å². The Balaban J connectivity index is 1.73. The highest BCUT2D eigenvalue weighted by Gasteiger charge is 2.21. The van der Waals surface area contributed by atoms with Crippen LogP contribution >= 0.6 is 11.6 Å². The summed E-state index contributed by atoms with van der Waals surface area (Å²) in [5, 5.41) is 21.5. The summed E-state index contributed by atoms with van der Waals surface area (Å²) in [7, 11) is 1.86. The fraction of sp³-hybridized carbons (Fsp3) is 0.409. The number of fused-ring (bicyclic) bond motifs is 1. The van der Waals surface area contributed by atoms with Gasteiger partial charge in [-0.3, -0.25) is 4.79 Å². The third kappa shape index (κ3) is 5.15. The van der Waals surface area contributed by atoms with Crippen molar-refractivity contribution in [3.8, 4) is 0 Å². The number of rotatable bonds is 7. The second-order valence-corrected chi connectivity index (χ2v) is 8.31. The van der Waals surface area contributed by atoms with Crippen LogP contribution in [0, 0.1) is 0 Å². The van der Waals surface area contributed by atoms with Crippen LogP contribution in [-0.2, 0) is 6.54 Å². The number of nitrogens with one attached hydrogen (secondary N) is 3. The van der Waals surface area contributed by atoms with Crippen molar-refractivity contribution in [1.82, 2.24) is 19.9 Å². The van der Waals surface area contributed by atoms with Crippen LogP contribution in [0.3, 0.4) is 0 Å². The van der Waals surface area contributed by atoms with Gasteiger partial charge < -0.3 is 25.6 Å². The van der Waals surface area contributed by atoms with Crippen molar-refractivity contribution in [3.63, 3.8) is 0 Å². The molecule has 0 aliphatic heterocycles. The number of pyridine rings is 3. The first-order valence-electron chi connectivity index (χ1n) is 10.6. The standard InChI is InChI=1S/C22H27ClN6O2/c1-24-9-11-29-10-7-14-12-19(27-18-13-15(23)6-8-25-18)28-21(20(14)22(29)31)26-16-2-4-17(30)5-3-16/h6-8,10,12-13,16-17,24,30H,2-5,9,11H2,1H3,(H2,25,26,27,28). The number of hydrogen-bond acceptors (Lipinski definition) is 7. The number of aliphatic hydroxyl groups is 1. The van der Waals surface area contributed by atoms with Gasteiger partial charge in [0.25, 0.3) is 5.56 Å². The maximum Gasteiger partial charge on any atom is 0.262 e. The first-order chi connectivity index (χ1) is 15.0. The average Bonchev–Trinajstić information content (AvgIpc) is 2.75. The topological polar surface area (TPSA) is 104 Å². The zero-order chi connectivity index (χ0) is 21.8. The van der Waals surface area contributed by atoms with E-state index in [1.165, 1.54) is 0 Å². The number of hydrogen-bond donors (Lipinski definition) is 4. The van der Waals surface area contributed by atoms with E-state index in [4.69, 9.17) is 16.6 Å². The van der Waals surface area contributed by atoms with Crippen LogP contribution in [-0.4, -0.2) is 45.4 Å². The lowest BCUT2D eigenvalue weighted by Gasteiger charge is -2.27. The first kappa shape index (κ1) is 21.5. The number of anilines is 3. The SMILES string of the molecule is CNCCn1ccc2cc(Nc3cc(Cl)ccn3)nc(NC3CCC(O)CC3)c2c1=O. The Morgan fingerprint density at radius 3 is 2.74 bits per heavy atom. The Morgan fingerprint density at radius 2 is 2.00 bits per heavy atom. The second-order valence-electron chi connectivity index (χ2n) is 7.87. The largest absolute Gasteiger partial charge is 0.393 e. The van der Waals surface area contributed by atoms with Gasteiger partial charge in [0, 0.05) is 36.5 Å². The molecular weight excluding hydrogens is 416 g/mol. The van der Waals surface area contributed by atoms with E-state index in [0.29, 0.717) is 41.0 Å². The normalized spacial score (nSPS) is 18.8. The average molecular weight is 443 g/mol. The van der Waals surface area contributed by atoms with E-state index in [1.807, 2.05) is 25.4 Å². The molecule has 0 bridgehead atoms. The van der Waals surface area contributed by atoms with Crippen LogP contribution in [0.5, 0.6) is 0 Å². The molecule has 3 aromatic rings. The Bertz CT molecular complexity index is 1110. The Hall–Kier alpha value is -2.68. The minimum atomic E-state index is -0.247. The van der Waals surface area contributed by atoms with Crippen molar-refractivity contribution in [2.24, 2.45) is 0 Å². The van der Waals surface area contributed by atoms with Gasteiger partial charge in [-0.25, -0.2) is 9.97 Å². The monoisotopic (exact) mass is 442 g/mol. The number of aromatic nitrogens is 3. The predicted octanol–water partition coefficient (Wildman–Crippen LogP) is 3.12. The fourth-order valence-corrected chi connectivity index (χ4v) is 4.06. The number of likely N-dealkylation sites (N-methyl/N-ethyl adjacent to an activating group) is 1. The molecule has 1 saturated carbocycles. The van der Waals surface area contributed by atoms with Gasteiger partial charge in [0.15, 0.2) is 0 Å². The van der Waals surface area contributed by atoms with Crippen molar-refractivity contribution < 1.29 is 5.11 Å². The van der Waals surface area contributed by atoms with E-state index in [-0.39, 0.29) is 17.7 Å². The summed E-state index contributed by atoms with van der Waals surface area (Å²) in [4.78, 5) is 22.2. The highest BCUT2D eigenvalue weighted by atomic mass is 35.5.